The van der Waals surface area contributed by atoms with Crippen molar-refractivity contribution in [3.05, 3.63) is 28.9 Å². The molecule has 2 aromatic rings. The highest BCUT2D eigenvalue weighted by molar-refractivity contribution is 7.14. The lowest BCUT2D eigenvalue weighted by Crippen LogP contribution is -2.18. The van der Waals surface area contributed by atoms with E-state index >= 15 is 0 Å². The first-order chi connectivity index (χ1) is 10.0. The van der Waals surface area contributed by atoms with Gasteiger partial charge in [0.25, 0.3) is 0 Å². The minimum atomic E-state index is -4.39. The van der Waals surface area contributed by atoms with Gasteiger partial charge in [0.2, 0.25) is 0 Å². The zero-order valence-corrected chi connectivity index (χ0v) is 12.0. The van der Waals surface area contributed by atoms with Crippen LogP contribution >= 0.6 is 11.3 Å². The molecule has 0 fully saturated rings. The molecule has 0 aliphatic carbocycles. The molecule has 5 nitrogen and oxygen atoms in total. The molecule has 2 heterocycles. The van der Waals surface area contributed by atoms with E-state index in [1.165, 1.54) is 17.4 Å². The quantitative estimate of drug-likeness (QED) is 0.829. The van der Waals surface area contributed by atoms with Crippen LogP contribution in [0.25, 0.3) is 10.7 Å². The Hall–Kier alpha value is -1.58. The average molecular weight is 318 g/mol. The Balaban J connectivity index is 2.00. The monoisotopic (exact) mass is 318 g/mol. The van der Waals surface area contributed by atoms with Gasteiger partial charge in [0.15, 0.2) is 5.01 Å². The van der Waals surface area contributed by atoms with E-state index in [0.717, 1.165) is 17.3 Å². The van der Waals surface area contributed by atoms with Crippen LogP contribution in [0.2, 0.25) is 0 Å². The van der Waals surface area contributed by atoms with Gasteiger partial charge in [-0.3, -0.25) is 4.98 Å². The molecule has 9 heteroatoms. The van der Waals surface area contributed by atoms with E-state index in [2.05, 4.69) is 20.5 Å². The van der Waals surface area contributed by atoms with Crippen molar-refractivity contribution in [3.8, 4) is 10.7 Å². The lowest BCUT2D eigenvalue weighted by Gasteiger charge is -2.05. The number of nitrogens with one attached hydrogen (secondary N) is 1. The molecule has 0 atom stereocenters. The van der Waals surface area contributed by atoms with Gasteiger partial charge in [0.05, 0.1) is 12.2 Å². The minimum absolute atomic E-state index is 0.378. The smallest absolute Gasteiger partial charge is 0.383 e. The topological polar surface area (TPSA) is 59.9 Å². The highest BCUT2D eigenvalue weighted by Gasteiger charge is 2.30. The Morgan fingerprint density at radius 3 is 2.71 bits per heavy atom. The molecule has 0 aliphatic heterocycles. The van der Waals surface area contributed by atoms with Gasteiger partial charge in [-0.15, -0.1) is 10.2 Å². The lowest BCUT2D eigenvalue weighted by molar-refractivity contribution is -0.137. The maximum Gasteiger partial charge on any atom is 0.417 e. The van der Waals surface area contributed by atoms with E-state index in [9.17, 15) is 13.2 Å². The van der Waals surface area contributed by atoms with Crippen molar-refractivity contribution in [3.63, 3.8) is 0 Å². The Morgan fingerprint density at radius 2 is 2.10 bits per heavy atom. The normalized spacial score (nSPS) is 11.8. The second-order valence-corrected chi connectivity index (χ2v) is 5.16. The lowest BCUT2D eigenvalue weighted by atomic mass is 10.2. The molecule has 114 valence electrons. The second-order valence-electron chi connectivity index (χ2n) is 4.10. The summed E-state index contributed by atoms with van der Waals surface area (Å²) in [7, 11) is 1.61. The molecule has 0 unspecified atom stereocenters. The Bertz CT molecular complexity index is 571. The van der Waals surface area contributed by atoms with E-state index < -0.39 is 11.7 Å². The van der Waals surface area contributed by atoms with Gasteiger partial charge in [-0.05, 0) is 12.1 Å². The predicted molar refractivity (Wildman–Crippen MR) is 71.7 cm³/mol. The van der Waals surface area contributed by atoms with Crippen molar-refractivity contribution in [1.82, 2.24) is 20.5 Å². The molecule has 0 bridgehead atoms. The van der Waals surface area contributed by atoms with E-state index in [1.54, 1.807) is 7.11 Å². The molecule has 0 amide bonds. The van der Waals surface area contributed by atoms with Crippen molar-refractivity contribution in [2.24, 2.45) is 0 Å². The molecule has 21 heavy (non-hydrogen) atoms. The molecular weight excluding hydrogens is 305 g/mol. The van der Waals surface area contributed by atoms with Crippen LogP contribution in [0.4, 0.5) is 13.2 Å². The molecule has 2 rings (SSSR count). The molecule has 0 saturated carbocycles. The summed E-state index contributed by atoms with van der Waals surface area (Å²) < 4.78 is 42.2. The standard InChI is InChI=1S/C12H13F3N4OS/c1-20-5-4-16-7-10-18-19-11(21-10)9-3-2-8(6-17-9)12(13,14)15/h2-3,6,16H,4-5,7H2,1H3. The number of pyridine rings is 1. The molecule has 0 spiro atoms. The molecular formula is C12H13F3N4OS. The van der Waals surface area contributed by atoms with Crippen molar-refractivity contribution in [1.29, 1.82) is 0 Å². The number of methoxy groups -OCH3 is 1. The van der Waals surface area contributed by atoms with Crippen LogP contribution in [0.3, 0.4) is 0 Å². The van der Waals surface area contributed by atoms with Gasteiger partial charge >= 0.3 is 6.18 Å². The summed E-state index contributed by atoms with van der Waals surface area (Å²) >= 11 is 1.29. The summed E-state index contributed by atoms with van der Waals surface area (Å²) in [5.41, 5.74) is -0.402. The number of hydrogen-bond acceptors (Lipinski definition) is 6. The summed E-state index contributed by atoms with van der Waals surface area (Å²) in [6, 6.07) is 2.28. The second kappa shape index (κ2) is 6.92. The first-order valence-electron chi connectivity index (χ1n) is 6.06. The number of alkyl halides is 3. The van der Waals surface area contributed by atoms with Crippen molar-refractivity contribution < 1.29 is 17.9 Å². The van der Waals surface area contributed by atoms with Crippen LogP contribution in [0.15, 0.2) is 18.3 Å². The van der Waals surface area contributed by atoms with Crippen LogP contribution in [-0.4, -0.2) is 35.4 Å². The number of hydrogen-bond donors (Lipinski definition) is 1. The third-order valence-electron chi connectivity index (χ3n) is 2.54. The predicted octanol–water partition coefficient (Wildman–Crippen LogP) is 2.35. The number of rotatable bonds is 6. The largest absolute Gasteiger partial charge is 0.417 e. The summed E-state index contributed by atoms with van der Waals surface area (Å²) in [5, 5.41) is 12.2. The third-order valence-corrected chi connectivity index (χ3v) is 3.48. The summed E-state index contributed by atoms with van der Waals surface area (Å²) in [6.07, 6.45) is -3.59. The van der Waals surface area contributed by atoms with E-state index in [1.807, 2.05) is 0 Å². The van der Waals surface area contributed by atoms with Crippen LogP contribution in [0, 0.1) is 0 Å². The molecule has 0 saturated heterocycles. The maximum atomic E-state index is 12.4. The van der Waals surface area contributed by atoms with E-state index in [4.69, 9.17) is 4.74 Å². The Kier molecular flexibility index (Phi) is 5.21. The number of aromatic nitrogens is 3. The highest BCUT2D eigenvalue weighted by atomic mass is 32.1. The molecule has 1 N–H and O–H groups in total. The first-order valence-corrected chi connectivity index (χ1v) is 6.88. The zero-order chi connectivity index (χ0) is 15.3. The Morgan fingerprint density at radius 1 is 1.29 bits per heavy atom. The van der Waals surface area contributed by atoms with E-state index in [0.29, 0.717) is 30.4 Å². The maximum absolute atomic E-state index is 12.4. The number of nitrogens with zero attached hydrogens (tertiary/aromatic N) is 3. The van der Waals surface area contributed by atoms with Crippen LogP contribution in [0.1, 0.15) is 10.6 Å². The van der Waals surface area contributed by atoms with Crippen molar-refractivity contribution >= 4 is 11.3 Å². The van der Waals surface area contributed by atoms with Gasteiger partial charge in [0, 0.05) is 26.4 Å². The molecule has 0 radical (unpaired) electrons. The third kappa shape index (κ3) is 4.45. The number of halogens is 3. The fourth-order valence-corrected chi connectivity index (χ4v) is 2.27. The first kappa shape index (κ1) is 15.8. The molecule has 2 aromatic heterocycles. The van der Waals surface area contributed by atoms with Gasteiger partial charge < -0.3 is 10.1 Å². The molecule has 0 aliphatic rings. The average Bonchev–Trinajstić information content (AvgIpc) is 2.92. The van der Waals surface area contributed by atoms with Gasteiger partial charge in [0.1, 0.15) is 10.7 Å². The fraction of sp³-hybridized carbons (Fsp3) is 0.417. The van der Waals surface area contributed by atoms with E-state index in [-0.39, 0.29) is 0 Å². The summed E-state index contributed by atoms with van der Waals surface area (Å²) in [6.45, 7) is 1.80. The van der Waals surface area contributed by atoms with Gasteiger partial charge in [-0.25, -0.2) is 0 Å². The van der Waals surface area contributed by atoms with Crippen LogP contribution < -0.4 is 5.32 Å². The fourth-order valence-electron chi connectivity index (χ4n) is 1.49. The highest BCUT2D eigenvalue weighted by Crippen LogP contribution is 2.30. The molecule has 0 aromatic carbocycles. The summed E-state index contributed by atoms with van der Waals surface area (Å²) in [5.74, 6) is 0. The number of ether oxygens (including phenoxy) is 1. The van der Waals surface area contributed by atoms with Crippen LogP contribution in [-0.2, 0) is 17.5 Å². The van der Waals surface area contributed by atoms with Gasteiger partial charge in [-0.1, -0.05) is 11.3 Å². The Labute approximate surface area is 123 Å². The van der Waals surface area contributed by atoms with Gasteiger partial charge in [-0.2, -0.15) is 13.2 Å². The minimum Gasteiger partial charge on any atom is -0.383 e. The zero-order valence-electron chi connectivity index (χ0n) is 11.1. The van der Waals surface area contributed by atoms with Crippen LogP contribution in [0.5, 0.6) is 0 Å². The van der Waals surface area contributed by atoms with Crippen molar-refractivity contribution in [2.75, 3.05) is 20.3 Å². The SMILES string of the molecule is COCCNCc1nnc(-c2ccc(C(F)(F)F)cn2)s1. The van der Waals surface area contributed by atoms with Crippen molar-refractivity contribution in [2.45, 2.75) is 12.7 Å². The summed E-state index contributed by atoms with van der Waals surface area (Å²) in [4.78, 5) is 3.79.